The Balaban J connectivity index is 1.78. The largest absolute Gasteiger partial charge is 0.378 e. The molecule has 7 heteroatoms. The Labute approximate surface area is 123 Å². The topological polar surface area (TPSA) is 68.1 Å². The average molecular weight is 288 g/mol. The number of para-hydroxylation sites is 1. The van der Waals surface area contributed by atoms with Gasteiger partial charge in [0.05, 0.1) is 17.8 Å². The highest BCUT2D eigenvalue weighted by atomic mass is 16.5. The van der Waals surface area contributed by atoms with Crippen molar-refractivity contribution in [2.75, 3.05) is 32.1 Å². The molecule has 2 atom stereocenters. The van der Waals surface area contributed by atoms with Crippen molar-refractivity contribution in [3.05, 3.63) is 30.3 Å². The number of hydrogen-bond acceptors (Lipinski definition) is 6. The van der Waals surface area contributed by atoms with Crippen LogP contribution in [0, 0.1) is 0 Å². The predicted octanol–water partition coefficient (Wildman–Crippen LogP) is 0.793. The van der Waals surface area contributed by atoms with Gasteiger partial charge < -0.3 is 10.1 Å². The Morgan fingerprint density at radius 2 is 2.10 bits per heavy atom. The second-order valence-corrected chi connectivity index (χ2v) is 5.13. The lowest BCUT2D eigenvalue weighted by Gasteiger charge is -2.18. The van der Waals surface area contributed by atoms with Gasteiger partial charge >= 0.3 is 0 Å². The number of rotatable bonds is 5. The van der Waals surface area contributed by atoms with E-state index in [4.69, 9.17) is 4.74 Å². The van der Waals surface area contributed by atoms with Gasteiger partial charge in [-0.3, -0.25) is 4.90 Å². The van der Waals surface area contributed by atoms with Gasteiger partial charge in [0.1, 0.15) is 0 Å². The van der Waals surface area contributed by atoms with Crippen molar-refractivity contribution in [3.63, 3.8) is 0 Å². The summed E-state index contributed by atoms with van der Waals surface area (Å²) in [6.45, 7) is 5.03. The average Bonchev–Trinajstić information content (AvgIpc) is 3.15. The number of hydrogen-bond donors (Lipinski definition) is 1. The number of tetrazole rings is 1. The summed E-state index contributed by atoms with van der Waals surface area (Å²) in [5.74, 6) is 0.645. The summed E-state index contributed by atoms with van der Waals surface area (Å²) in [5, 5.41) is 15.3. The first kappa shape index (κ1) is 14.0. The molecule has 2 heterocycles. The smallest absolute Gasteiger partial charge is 0.248 e. The fourth-order valence-corrected chi connectivity index (χ4v) is 2.67. The minimum atomic E-state index is 0.144. The van der Waals surface area contributed by atoms with Crippen molar-refractivity contribution in [1.82, 2.24) is 25.1 Å². The molecule has 1 N–H and O–H groups in total. The highest BCUT2D eigenvalue weighted by molar-refractivity contribution is 5.39. The van der Waals surface area contributed by atoms with Crippen molar-refractivity contribution in [2.45, 2.75) is 19.1 Å². The third-order valence-electron chi connectivity index (χ3n) is 3.88. The maximum absolute atomic E-state index is 5.57. The summed E-state index contributed by atoms with van der Waals surface area (Å²) in [6.07, 6.45) is 0.144. The SMILES string of the molecule is CCN1C[C@H](Nc2nnnn2-c2ccccc2)[C@@H](OC)C1. The fraction of sp³-hybridized carbons (Fsp3) is 0.500. The van der Waals surface area contributed by atoms with Gasteiger partial charge in [0.25, 0.3) is 0 Å². The normalized spacial score (nSPS) is 22.6. The van der Waals surface area contributed by atoms with Crippen LogP contribution in [0.3, 0.4) is 0 Å². The molecule has 0 bridgehead atoms. The molecule has 3 rings (SSSR count). The molecule has 0 spiro atoms. The molecular formula is C14H20N6O. The van der Waals surface area contributed by atoms with E-state index in [2.05, 4.69) is 32.7 Å². The van der Waals surface area contributed by atoms with Crippen molar-refractivity contribution in [1.29, 1.82) is 0 Å². The van der Waals surface area contributed by atoms with Crippen molar-refractivity contribution in [3.8, 4) is 5.69 Å². The van der Waals surface area contributed by atoms with Gasteiger partial charge in [0.2, 0.25) is 5.95 Å². The second kappa shape index (κ2) is 6.19. The van der Waals surface area contributed by atoms with Gasteiger partial charge in [-0.1, -0.05) is 30.2 Å². The summed E-state index contributed by atoms with van der Waals surface area (Å²) in [7, 11) is 1.75. The standard InChI is InChI=1S/C14H20N6O/c1-3-19-9-12(13(10-19)21-2)15-14-16-17-18-20(14)11-7-5-4-6-8-11/h4-8,12-13H,3,9-10H2,1-2H3,(H,15,16,18)/t12-,13-/m0/s1. The third-order valence-corrected chi connectivity index (χ3v) is 3.88. The first-order valence-corrected chi connectivity index (χ1v) is 7.17. The van der Waals surface area contributed by atoms with E-state index in [-0.39, 0.29) is 12.1 Å². The Kier molecular flexibility index (Phi) is 4.12. The summed E-state index contributed by atoms with van der Waals surface area (Å²) >= 11 is 0. The number of likely N-dealkylation sites (N-methyl/N-ethyl adjacent to an activating group) is 1. The monoisotopic (exact) mass is 288 g/mol. The minimum absolute atomic E-state index is 0.144. The lowest BCUT2D eigenvalue weighted by Crippen LogP contribution is -2.34. The van der Waals surface area contributed by atoms with Gasteiger partial charge in [0, 0.05) is 20.2 Å². The quantitative estimate of drug-likeness (QED) is 0.877. The molecule has 1 fully saturated rings. The third kappa shape index (κ3) is 2.88. The van der Waals surface area contributed by atoms with Crippen molar-refractivity contribution >= 4 is 5.95 Å². The zero-order valence-corrected chi connectivity index (χ0v) is 12.3. The van der Waals surface area contributed by atoms with Crippen LogP contribution < -0.4 is 5.32 Å². The first-order valence-electron chi connectivity index (χ1n) is 7.17. The molecule has 1 aliphatic heterocycles. The van der Waals surface area contributed by atoms with Gasteiger partial charge in [0.15, 0.2) is 0 Å². The minimum Gasteiger partial charge on any atom is -0.378 e. The first-order chi connectivity index (χ1) is 10.3. The molecule has 7 nitrogen and oxygen atoms in total. The summed E-state index contributed by atoms with van der Waals surface area (Å²) in [6, 6.07) is 10.0. The summed E-state index contributed by atoms with van der Waals surface area (Å²) in [5.41, 5.74) is 0.935. The molecule has 1 saturated heterocycles. The molecule has 1 aromatic heterocycles. The molecule has 21 heavy (non-hydrogen) atoms. The Hall–Kier alpha value is -1.99. The molecular weight excluding hydrogens is 268 g/mol. The van der Waals surface area contributed by atoms with E-state index >= 15 is 0 Å². The van der Waals surface area contributed by atoms with Crippen LogP contribution in [0.1, 0.15) is 6.92 Å². The zero-order chi connectivity index (χ0) is 14.7. The molecule has 0 saturated carbocycles. The van der Waals surface area contributed by atoms with Gasteiger partial charge in [-0.25, -0.2) is 0 Å². The Morgan fingerprint density at radius 1 is 1.29 bits per heavy atom. The highest BCUT2D eigenvalue weighted by Gasteiger charge is 2.33. The van der Waals surface area contributed by atoms with Crippen LogP contribution in [-0.4, -0.2) is 64.0 Å². The lowest BCUT2D eigenvalue weighted by molar-refractivity contribution is 0.102. The van der Waals surface area contributed by atoms with Gasteiger partial charge in [-0.2, -0.15) is 4.68 Å². The van der Waals surface area contributed by atoms with Crippen molar-refractivity contribution in [2.24, 2.45) is 0 Å². The summed E-state index contributed by atoms with van der Waals surface area (Å²) in [4.78, 5) is 2.35. The Bertz CT molecular complexity index is 572. The van der Waals surface area contributed by atoms with Gasteiger partial charge in [-0.05, 0) is 29.1 Å². The van der Waals surface area contributed by atoms with Crippen molar-refractivity contribution < 1.29 is 4.74 Å². The van der Waals surface area contributed by atoms with Crippen LogP contribution in [0.15, 0.2) is 30.3 Å². The van der Waals surface area contributed by atoms with E-state index in [1.807, 2.05) is 30.3 Å². The maximum Gasteiger partial charge on any atom is 0.248 e. The maximum atomic E-state index is 5.57. The molecule has 2 aromatic rings. The van der Waals surface area contributed by atoms with Gasteiger partial charge in [-0.15, -0.1) is 0 Å². The number of benzene rings is 1. The number of anilines is 1. The van der Waals surface area contributed by atoms with Crippen LogP contribution >= 0.6 is 0 Å². The number of aromatic nitrogens is 4. The van der Waals surface area contributed by atoms with Crippen LogP contribution in [-0.2, 0) is 4.74 Å². The van der Waals surface area contributed by atoms with Crippen LogP contribution in [0.4, 0.5) is 5.95 Å². The van der Waals surface area contributed by atoms with E-state index in [0.29, 0.717) is 5.95 Å². The molecule has 1 aromatic carbocycles. The zero-order valence-electron chi connectivity index (χ0n) is 12.3. The van der Waals surface area contributed by atoms with Crippen LogP contribution in [0.5, 0.6) is 0 Å². The lowest BCUT2D eigenvalue weighted by atomic mass is 10.2. The predicted molar refractivity (Wildman–Crippen MR) is 79.5 cm³/mol. The highest BCUT2D eigenvalue weighted by Crippen LogP contribution is 2.18. The van der Waals surface area contributed by atoms with E-state index in [1.54, 1.807) is 11.8 Å². The second-order valence-electron chi connectivity index (χ2n) is 5.13. The van der Waals surface area contributed by atoms with E-state index in [9.17, 15) is 0 Å². The van der Waals surface area contributed by atoms with Crippen LogP contribution in [0.2, 0.25) is 0 Å². The number of methoxy groups -OCH3 is 1. The Morgan fingerprint density at radius 3 is 2.81 bits per heavy atom. The molecule has 0 unspecified atom stereocenters. The molecule has 0 aliphatic carbocycles. The number of nitrogens with zero attached hydrogens (tertiary/aromatic N) is 5. The number of likely N-dealkylation sites (tertiary alicyclic amines) is 1. The van der Waals surface area contributed by atoms with Crippen LogP contribution in [0.25, 0.3) is 5.69 Å². The van der Waals surface area contributed by atoms with E-state index in [0.717, 1.165) is 25.3 Å². The molecule has 112 valence electrons. The fourth-order valence-electron chi connectivity index (χ4n) is 2.67. The van der Waals surface area contributed by atoms with E-state index < -0.39 is 0 Å². The molecule has 0 amide bonds. The summed E-state index contributed by atoms with van der Waals surface area (Å²) < 4.78 is 7.28. The molecule has 0 radical (unpaired) electrons. The number of nitrogens with one attached hydrogen (secondary N) is 1. The number of ether oxygens (including phenoxy) is 1. The molecule has 1 aliphatic rings. The van der Waals surface area contributed by atoms with E-state index in [1.165, 1.54) is 0 Å².